The van der Waals surface area contributed by atoms with Crippen LogP contribution in [0.3, 0.4) is 0 Å². The van der Waals surface area contributed by atoms with Gasteiger partial charge in [-0.2, -0.15) is 0 Å². The molecule has 0 radical (unpaired) electrons. The molecule has 1 rings (SSSR count). The van der Waals surface area contributed by atoms with Gasteiger partial charge in [-0.3, -0.25) is 0 Å². The molecule has 3 atom stereocenters. The summed E-state index contributed by atoms with van der Waals surface area (Å²) < 4.78 is 12.8. The van der Waals surface area contributed by atoms with E-state index in [1.54, 1.807) is 0 Å². The summed E-state index contributed by atoms with van der Waals surface area (Å²) in [5.41, 5.74) is 0. The number of rotatable bonds is 0. The molecule has 2 heteroatoms. The van der Waals surface area contributed by atoms with E-state index in [-0.39, 0.29) is 5.92 Å². The first-order valence-corrected chi connectivity index (χ1v) is 3.47. The number of hydrogen-bond acceptors (Lipinski definition) is 1. The van der Waals surface area contributed by atoms with Gasteiger partial charge in [-0.05, 0) is 14.0 Å². The van der Waals surface area contributed by atoms with Crippen LogP contribution in [0.25, 0.3) is 0 Å². The van der Waals surface area contributed by atoms with Gasteiger partial charge in [0.15, 0.2) is 0 Å². The lowest BCUT2D eigenvalue weighted by atomic mass is 10.0. The Labute approximate surface area is 55.8 Å². The van der Waals surface area contributed by atoms with Crippen molar-refractivity contribution in [3.8, 4) is 0 Å². The molecule has 0 aromatic carbocycles. The first-order valence-electron chi connectivity index (χ1n) is 3.47. The number of hydrogen-bond donors (Lipinski definition) is 0. The molecule has 0 bridgehead atoms. The van der Waals surface area contributed by atoms with Crippen molar-refractivity contribution in [2.24, 2.45) is 5.92 Å². The summed E-state index contributed by atoms with van der Waals surface area (Å²) in [5, 5.41) is 0. The second kappa shape index (κ2) is 2.25. The Hall–Kier alpha value is -0.110. The fraction of sp³-hybridized carbons (Fsp3) is 1.00. The molecule has 0 spiro atoms. The van der Waals surface area contributed by atoms with Gasteiger partial charge in [0.25, 0.3) is 0 Å². The van der Waals surface area contributed by atoms with Crippen LogP contribution in [0.2, 0.25) is 0 Å². The molecule has 0 amide bonds. The maximum absolute atomic E-state index is 12.8. The average Bonchev–Trinajstić information content (AvgIpc) is 1.98. The lowest BCUT2D eigenvalue weighted by molar-refractivity contribution is 0.282. The minimum absolute atomic E-state index is 0.218. The number of nitrogens with zero attached hydrogens (tertiary/aromatic N) is 1. The minimum atomic E-state index is -0.606. The zero-order valence-electron chi connectivity index (χ0n) is 6.26. The molecule has 0 unspecified atom stereocenters. The van der Waals surface area contributed by atoms with Gasteiger partial charge in [-0.15, -0.1) is 0 Å². The van der Waals surface area contributed by atoms with Crippen molar-refractivity contribution in [2.45, 2.75) is 26.1 Å². The highest BCUT2D eigenvalue weighted by Crippen LogP contribution is 2.24. The molecule has 0 aliphatic carbocycles. The maximum Gasteiger partial charge on any atom is 0.117 e. The standard InChI is InChI=1S/C7H14FN/c1-5-6(2)9(3)4-7(5)8/h5-7H,4H2,1-3H3/t5-,6-,7+/m1/s1. The van der Waals surface area contributed by atoms with E-state index in [0.717, 1.165) is 0 Å². The van der Waals surface area contributed by atoms with Crippen LogP contribution in [0.1, 0.15) is 13.8 Å². The number of halogens is 1. The van der Waals surface area contributed by atoms with Crippen LogP contribution in [-0.4, -0.2) is 30.7 Å². The van der Waals surface area contributed by atoms with Crippen molar-refractivity contribution in [3.63, 3.8) is 0 Å². The third kappa shape index (κ3) is 1.08. The summed E-state index contributed by atoms with van der Waals surface area (Å²) in [5.74, 6) is 0.218. The highest BCUT2D eigenvalue weighted by atomic mass is 19.1. The molecule has 9 heavy (non-hydrogen) atoms. The third-order valence-corrected chi connectivity index (χ3v) is 2.49. The molecule has 1 heterocycles. The van der Waals surface area contributed by atoms with Gasteiger partial charge in [0.1, 0.15) is 6.17 Å². The Morgan fingerprint density at radius 2 is 2.00 bits per heavy atom. The van der Waals surface area contributed by atoms with Crippen molar-refractivity contribution in [2.75, 3.05) is 13.6 Å². The molecule has 0 saturated carbocycles. The van der Waals surface area contributed by atoms with Gasteiger partial charge < -0.3 is 4.90 Å². The van der Waals surface area contributed by atoms with Gasteiger partial charge in [0.05, 0.1) is 0 Å². The molecule has 1 aliphatic heterocycles. The summed E-state index contributed by atoms with van der Waals surface area (Å²) in [6, 6.07) is 0.417. The van der Waals surface area contributed by atoms with Gasteiger partial charge >= 0.3 is 0 Å². The van der Waals surface area contributed by atoms with E-state index in [0.29, 0.717) is 12.6 Å². The first-order chi connectivity index (χ1) is 4.13. The minimum Gasteiger partial charge on any atom is -0.300 e. The second-order valence-corrected chi connectivity index (χ2v) is 3.06. The molecule has 1 saturated heterocycles. The van der Waals surface area contributed by atoms with Crippen LogP contribution in [0.4, 0.5) is 4.39 Å². The van der Waals surface area contributed by atoms with Crippen LogP contribution in [-0.2, 0) is 0 Å². The van der Waals surface area contributed by atoms with Crippen LogP contribution in [0.15, 0.2) is 0 Å². The van der Waals surface area contributed by atoms with Crippen molar-refractivity contribution < 1.29 is 4.39 Å². The molecular weight excluding hydrogens is 117 g/mol. The quantitative estimate of drug-likeness (QED) is 0.479. The van der Waals surface area contributed by atoms with E-state index >= 15 is 0 Å². The molecule has 0 aromatic heterocycles. The van der Waals surface area contributed by atoms with Gasteiger partial charge in [-0.1, -0.05) is 6.92 Å². The van der Waals surface area contributed by atoms with Crippen LogP contribution in [0, 0.1) is 5.92 Å². The molecule has 1 fully saturated rings. The smallest absolute Gasteiger partial charge is 0.117 e. The van der Waals surface area contributed by atoms with E-state index in [1.807, 2.05) is 14.0 Å². The largest absolute Gasteiger partial charge is 0.300 e. The van der Waals surface area contributed by atoms with Crippen molar-refractivity contribution >= 4 is 0 Å². The summed E-state index contributed by atoms with van der Waals surface area (Å²) in [4.78, 5) is 2.06. The topological polar surface area (TPSA) is 3.24 Å². The summed E-state index contributed by atoms with van der Waals surface area (Å²) in [7, 11) is 1.97. The molecule has 54 valence electrons. The highest BCUT2D eigenvalue weighted by Gasteiger charge is 2.33. The Morgan fingerprint density at radius 1 is 1.44 bits per heavy atom. The molecule has 1 nitrogen and oxygen atoms in total. The van der Waals surface area contributed by atoms with Gasteiger partial charge in [0, 0.05) is 18.5 Å². The predicted octanol–water partition coefficient (Wildman–Crippen LogP) is 1.29. The third-order valence-electron chi connectivity index (χ3n) is 2.49. The maximum atomic E-state index is 12.8. The van der Waals surface area contributed by atoms with Crippen molar-refractivity contribution in [1.82, 2.24) is 4.90 Å². The fourth-order valence-electron chi connectivity index (χ4n) is 1.31. The van der Waals surface area contributed by atoms with Crippen molar-refractivity contribution in [1.29, 1.82) is 0 Å². The van der Waals surface area contributed by atoms with E-state index in [1.165, 1.54) is 0 Å². The Balaban J connectivity index is 2.54. The average molecular weight is 131 g/mol. The van der Waals surface area contributed by atoms with E-state index in [4.69, 9.17) is 0 Å². The normalized spacial score (nSPS) is 46.0. The van der Waals surface area contributed by atoms with E-state index in [9.17, 15) is 4.39 Å². The second-order valence-electron chi connectivity index (χ2n) is 3.06. The fourth-order valence-corrected chi connectivity index (χ4v) is 1.31. The lowest BCUT2D eigenvalue weighted by Gasteiger charge is -2.15. The van der Waals surface area contributed by atoms with E-state index < -0.39 is 6.17 Å². The number of alkyl halides is 1. The van der Waals surface area contributed by atoms with Gasteiger partial charge in [-0.25, -0.2) is 4.39 Å². The van der Waals surface area contributed by atoms with Crippen LogP contribution < -0.4 is 0 Å². The molecule has 0 aromatic rings. The number of likely N-dealkylation sites (tertiary alicyclic amines) is 1. The van der Waals surface area contributed by atoms with Crippen molar-refractivity contribution in [3.05, 3.63) is 0 Å². The van der Waals surface area contributed by atoms with Gasteiger partial charge in [0.2, 0.25) is 0 Å². The lowest BCUT2D eigenvalue weighted by Crippen LogP contribution is -2.24. The zero-order chi connectivity index (χ0) is 7.02. The molecular formula is C7H14FN. The summed E-state index contributed by atoms with van der Waals surface area (Å²) >= 11 is 0. The first kappa shape index (κ1) is 7.00. The predicted molar refractivity (Wildman–Crippen MR) is 36.2 cm³/mol. The van der Waals surface area contributed by atoms with Crippen LogP contribution in [0.5, 0.6) is 0 Å². The highest BCUT2D eigenvalue weighted by molar-refractivity contribution is 4.85. The SMILES string of the molecule is C[C@@H]1[C@@H](C)N(C)C[C@@H]1F. The Kier molecular flexibility index (Phi) is 1.75. The Morgan fingerprint density at radius 3 is 2.11 bits per heavy atom. The summed E-state index contributed by atoms with van der Waals surface area (Å²) in [6.07, 6.45) is -0.606. The summed E-state index contributed by atoms with van der Waals surface area (Å²) in [6.45, 7) is 4.66. The van der Waals surface area contributed by atoms with Crippen LogP contribution >= 0.6 is 0 Å². The molecule has 1 aliphatic rings. The Bertz CT molecular complexity index is 93.1. The molecule has 0 N–H and O–H groups in total. The monoisotopic (exact) mass is 131 g/mol. The van der Waals surface area contributed by atoms with E-state index in [2.05, 4.69) is 11.8 Å². The zero-order valence-corrected chi connectivity index (χ0v) is 6.26.